The van der Waals surface area contributed by atoms with E-state index in [0.29, 0.717) is 6.42 Å². The van der Waals surface area contributed by atoms with E-state index in [2.05, 4.69) is 20.0 Å². The molecule has 1 aromatic heterocycles. The Hall–Kier alpha value is -0.820. The summed E-state index contributed by atoms with van der Waals surface area (Å²) in [5.41, 5.74) is 0. The van der Waals surface area contributed by atoms with Crippen molar-refractivity contribution in [2.24, 2.45) is 0 Å². The van der Waals surface area contributed by atoms with E-state index in [4.69, 9.17) is 0 Å². The topological polar surface area (TPSA) is 51.0 Å². The summed E-state index contributed by atoms with van der Waals surface area (Å²) in [6, 6.07) is 0.0895. The molecule has 0 amide bonds. The van der Waals surface area contributed by atoms with Crippen molar-refractivity contribution in [3.05, 3.63) is 11.7 Å². The minimum atomic E-state index is -4.35. The Labute approximate surface area is 103 Å². The van der Waals surface area contributed by atoms with Gasteiger partial charge in [0.1, 0.15) is 5.92 Å². The smallest absolute Gasteiger partial charge is 0.339 e. The molecule has 1 N–H and O–H groups in total. The highest BCUT2D eigenvalue weighted by atomic mass is 35.5. The molecule has 1 heterocycles. The molecule has 0 saturated carbocycles. The molecule has 1 rings (SSSR count). The van der Waals surface area contributed by atoms with Gasteiger partial charge in [-0.3, -0.25) is 0 Å². The third-order valence-corrected chi connectivity index (χ3v) is 2.33. The van der Waals surface area contributed by atoms with Crippen LogP contribution in [0.2, 0.25) is 0 Å². The van der Waals surface area contributed by atoms with Crippen LogP contribution in [0, 0.1) is 0 Å². The van der Waals surface area contributed by atoms with E-state index in [9.17, 15) is 13.2 Å². The Morgan fingerprint density at radius 2 is 1.94 bits per heavy atom. The van der Waals surface area contributed by atoms with Crippen molar-refractivity contribution >= 4 is 12.4 Å². The maximum atomic E-state index is 12.3. The maximum Gasteiger partial charge on any atom is 0.400 e. The predicted molar refractivity (Wildman–Crippen MR) is 58.2 cm³/mol. The summed E-state index contributed by atoms with van der Waals surface area (Å²) in [4.78, 5) is 3.73. The summed E-state index contributed by atoms with van der Waals surface area (Å²) in [6.45, 7) is 2.88. The number of hydrogen-bond acceptors (Lipinski definition) is 4. The molecule has 0 aromatic carbocycles. The summed E-state index contributed by atoms with van der Waals surface area (Å²) < 4.78 is 41.6. The van der Waals surface area contributed by atoms with Crippen LogP contribution >= 0.6 is 12.4 Å². The molecule has 0 aliphatic rings. The standard InChI is InChI=1S/C9H14F3N3O.ClH/c1-5(13-3)4-7-14-8(16-15-7)6(2)9(10,11)12;/h5-6,13H,4H2,1-3H3;1H. The fourth-order valence-electron chi connectivity index (χ4n) is 1.04. The lowest BCUT2D eigenvalue weighted by Crippen LogP contribution is -2.24. The van der Waals surface area contributed by atoms with Crippen LogP contribution in [0.5, 0.6) is 0 Å². The van der Waals surface area contributed by atoms with Gasteiger partial charge in [-0.25, -0.2) is 0 Å². The summed E-state index contributed by atoms with van der Waals surface area (Å²) in [7, 11) is 1.75. The van der Waals surface area contributed by atoms with Gasteiger partial charge in [-0.15, -0.1) is 12.4 Å². The molecule has 2 unspecified atom stereocenters. The van der Waals surface area contributed by atoms with E-state index in [0.717, 1.165) is 6.92 Å². The van der Waals surface area contributed by atoms with Gasteiger partial charge in [-0.2, -0.15) is 18.2 Å². The van der Waals surface area contributed by atoms with Gasteiger partial charge in [0, 0.05) is 12.5 Å². The lowest BCUT2D eigenvalue weighted by atomic mass is 10.2. The predicted octanol–water partition coefficient (Wildman–Crippen LogP) is 2.31. The van der Waals surface area contributed by atoms with Gasteiger partial charge in [0.25, 0.3) is 0 Å². The minimum absolute atomic E-state index is 0. The molecule has 100 valence electrons. The SMILES string of the molecule is CNC(C)Cc1noc(C(C)C(F)(F)F)n1.Cl. The molecular formula is C9H15ClF3N3O. The van der Waals surface area contributed by atoms with E-state index in [1.165, 1.54) is 0 Å². The molecule has 0 saturated heterocycles. The van der Waals surface area contributed by atoms with E-state index in [-0.39, 0.29) is 30.2 Å². The lowest BCUT2D eigenvalue weighted by Gasteiger charge is -2.10. The summed E-state index contributed by atoms with van der Waals surface area (Å²) >= 11 is 0. The highest BCUT2D eigenvalue weighted by molar-refractivity contribution is 5.85. The number of rotatable bonds is 4. The third-order valence-electron chi connectivity index (χ3n) is 2.33. The molecule has 2 atom stereocenters. The Morgan fingerprint density at radius 3 is 2.41 bits per heavy atom. The van der Waals surface area contributed by atoms with Crippen LogP contribution in [0.3, 0.4) is 0 Å². The number of aromatic nitrogens is 2. The van der Waals surface area contributed by atoms with Gasteiger partial charge in [0.2, 0.25) is 5.89 Å². The fraction of sp³-hybridized carbons (Fsp3) is 0.778. The average molecular weight is 274 g/mol. The second-order valence-corrected chi connectivity index (χ2v) is 3.71. The first kappa shape index (κ1) is 16.2. The van der Waals surface area contributed by atoms with E-state index in [1.807, 2.05) is 6.92 Å². The second-order valence-electron chi connectivity index (χ2n) is 3.71. The number of hydrogen-bond donors (Lipinski definition) is 1. The number of nitrogens with zero attached hydrogens (tertiary/aromatic N) is 2. The quantitative estimate of drug-likeness (QED) is 0.915. The highest BCUT2D eigenvalue weighted by Gasteiger charge is 2.40. The first-order valence-electron chi connectivity index (χ1n) is 4.91. The Morgan fingerprint density at radius 1 is 1.35 bits per heavy atom. The minimum Gasteiger partial charge on any atom is -0.339 e. The van der Waals surface area contributed by atoms with Gasteiger partial charge in [0.15, 0.2) is 5.82 Å². The van der Waals surface area contributed by atoms with Gasteiger partial charge in [-0.1, -0.05) is 5.16 Å². The van der Waals surface area contributed by atoms with Crippen LogP contribution in [-0.4, -0.2) is 29.4 Å². The van der Waals surface area contributed by atoms with E-state index >= 15 is 0 Å². The molecule has 8 heteroatoms. The van der Waals surface area contributed by atoms with Crippen molar-refractivity contribution in [1.82, 2.24) is 15.5 Å². The van der Waals surface area contributed by atoms with Crippen LogP contribution < -0.4 is 5.32 Å². The lowest BCUT2D eigenvalue weighted by molar-refractivity contribution is -0.151. The second kappa shape index (κ2) is 6.20. The van der Waals surface area contributed by atoms with Crippen molar-refractivity contribution in [3.8, 4) is 0 Å². The zero-order chi connectivity index (χ0) is 12.3. The van der Waals surface area contributed by atoms with Gasteiger partial charge in [-0.05, 0) is 20.9 Å². The van der Waals surface area contributed by atoms with Crippen molar-refractivity contribution < 1.29 is 17.7 Å². The molecule has 4 nitrogen and oxygen atoms in total. The van der Waals surface area contributed by atoms with Crippen LogP contribution in [0.15, 0.2) is 4.52 Å². The van der Waals surface area contributed by atoms with Crippen LogP contribution in [0.4, 0.5) is 13.2 Å². The van der Waals surface area contributed by atoms with Crippen molar-refractivity contribution in [3.63, 3.8) is 0 Å². The maximum absolute atomic E-state index is 12.3. The molecule has 0 fully saturated rings. The zero-order valence-corrected chi connectivity index (χ0v) is 10.5. The van der Waals surface area contributed by atoms with Gasteiger partial charge >= 0.3 is 6.18 Å². The first-order valence-corrected chi connectivity index (χ1v) is 4.91. The molecule has 1 aromatic rings. The number of halogens is 4. The third kappa shape index (κ3) is 4.51. The molecule has 17 heavy (non-hydrogen) atoms. The summed E-state index contributed by atoms with van der Waals surface area (Å²) in [5, 5.41) is 6.45. The van der Waals surface area contributed by atoms with E-state index < -0.39 is 12.1 Å². The fourth-order valence-corrected chi connectivity index (χ4v) is 1.04. The monoisotopic (exact) mass is 273 g/mol. The average Bonchev–Trinajstić information content (AvgIpc) is 2.63. The van der Waals surface area contributed by atoms with Gasteiger partial charge < -0.3 is 9.84 Å². The highest BCUT2D eigenvalue weighted by Crippen LogP contribution is 2.33. The van der Waals surface area contributed by atoms with Crippen molar-refractivity contribution in [2.45, 2.75) is 38.4 Å². The number of alkyl halides is 3. The molecule has 0 spiro atoms. The van der Waals surface area contributed by atoms with Crippen molar-refractivity contribution in [1.29, 1.82) is 0 Å². The Kier molecular flexibility index (Phi) is 5.91. The summed E-state index contributed by atoms with van der Waals surface area (Å²) in [6.07, 6.45) is -3.91. The number of likely N-dealkylation sites (N-methyl/N-ethyl adjacent to an activating group) is 1. The molecule has 0 aliphatic carbocycles. The van der Waals surface area contributed by atoms with Crippen LogP contribution in [0.25, 0.3) is 0 Å². The first-order chi connectivity index (χ1) is 7.34. The molecule has 0 aliphatic heterocycles. The Balaban J connectivity index is 0.00000256. The largest absolute Gasteiger partial charge is 0.400 e. The summed E-state index contributed by atoms with van der Waals surface area (Å²) in [5.74, 6) is -1.82. The normalized spacial score (nSPS) is 15.2. The van der Waals surface area contributed by atoms with Crippen molar-refractivity contribution in [2.75, 3.05) is 7.05 Å². The number of nitrogens with one attached hydrogen (secondary N) is 1. The molecule has 0 radical (unpaired) electrons. The zero-order valence-electron chi connectivity index (χ0n) is 9.71. The molecular weight excluding hydrogens is 259 g/mol. The van der Waals surface area contributed by atoms with Gasteiger partial charge in [0.05, 0.1) is 0 Å². The van der Waals surface area contributed by atoms with Crippen LogP contribution in [-0.2, 0) is 6.42 Å². The van der Waals surface area contributed by atoms with E-state index in [1.54, 1.807) is 7.05 Å². The van der Waals surface area contributed by atoms with Crippen LogP contribution in [0.1, 0.15) is 31.5 Å². The molecule has 0 bridgehead atoms. The Bertz CT molecular complexity index is 342.